The maximum atomic E-state index is 15.6. The van der Waals surface area contributed by atoms with Crippen molar-refractivity contribution in [1.29, 1.82) is 0 Å². The highest BCUT2D eigenvalue weighted by Gasteiger charge is 2.76. The Kier molecular flexibility index (Phi) is 25.0. The van der Waals surface area contributed by atoms with Crippen LogP contribution in [0.1, 0.15) is 94.6 Å². The highest BCUT2D eigenvalue weighted by Crippen LogP contribution is 2.64. The minimum Gasteiger partial charge on any atom is -0.566 e. The molecule has 8 atom stereocenters. The number of hydrogen-bond donors (Lipinski definition) is 4. The summed E-state index contributed by atoms with van der Waals surface area (Å²) in [5.74, 6) is -14.8. The molecular weight excluding hydrogens is 1780 g/mol. The normalized spacial score (nSPS) is 19.3. The van der Waals surface area contributed by atoms with Crippen molar-refractivity contribution in [2.75, 3.05) is 38.1 Å². The van der Waals surface area contributed by atoms with Crippen LogP contribution in [0.3, 0.4) is 0 Å². The molecular formula is C87H56B6F18N6O15. The number of nitrogens with zero attached hydrogens (tertiary/aromatic N) is 2. The number of benzene rings is 9. The Morgan fingerprint density at radius 2 is 0.568 bits per heavy atom. The third kappa shape index (κ3) is 15.9. The number of allylic oxidation sites excluding steroid dienone is 4. The minimum absolute atomic E-state index is 0.00764. The average molecular weight is 1830 g/mol. The molecule has 8 unspecified atom stereocenters. The lowest BCUT2D eigenvalue weighted by atomic mass is 9.72. The first-order chi connectivity index (χ1) is 62.1. The third-order valence-electron chi connectivity index (χ3n) is 24.2. The highest BCUT2D eigenvalue weighted by molar-refractivity contribution is 6.25. The van der Waals surface area contributed by atoms with Crippen LogP contribution >= 0.6 is 0 Å². The SMILES string of the molecule is [B]Oc1ccc(C(c2ccc(O[B])c(N3C(=O)C4C5C=CC(C5)C4C3=O)c2)(C(F)(F)F)C(F)(F)F)cc1NC(=O)c1cccc(C(C)=O)c1.[B]Oc1ccc(C(c2ccc(O[B])c(NC(=O)c3ccc(Oc4ccc(C(=O)Nc5cc(C(c6ccc(O[B])c(N7C(=O)C8C9C=CC(C9)C8C7=O)c6)(C(F)(F)F)C(F)(F)F)ccc5O[B])cc4)cc3)c2)(C(F)(F)F)C(F)(F)F)cc1NC. The Morgan fingerprint density at radius 3 is 0.833 bits per heavy atom. The molecule has 668 valence electrons. The first-order valence-corrected chi connectivity index (χ1v) is 38.9. The molecule has 9 aromatic carbocycles. The van der Waals surface area contributed by atoms with Crippen molar-refractivity contribution in [3.05, 3.63) is 262 Å². The molecule has 0 aromatic heterocycles. The van der Waals surface area contributed by atoms with E-state index in [0.29, 0.717) is 126 Å². The van der Waals surface area contributed by atoms with Crippen LogP contribution in [0.5, 0.6) is 46.0 Å². The van der Waals surface area contributed by atoms with Gasteiger partial charge in [0.25, 0.3) is 17.7 Å². The van der Waals surface area contributed by atoms with Crippen molar-refractivity contribution in [2.45, 2.75) is 73.1 Å². The molecule has 4 N–H and O–H groups in total. The van der Waals surface area contributed by atoms with E-state index >= 15 is 79.0 Å². The van der Waals surface area contributed by atoms with Gasteiger partial charge >= 0.3 is 85.4 Å². The van der Waals surface area contributed by atoms with Gasteiger partial charge in [0.15, 0.2) is 5.78 Å². The molecule has 4 aliphatic carbocycles. The average Bonchev–Trinajstić information content (AvgIpc) is 1.54. The number of carbonyl (C=O) groups excluding carboxylic acids is 8. The van der Waals surface area contributed by atoms with Crippen molar-refractivity contribution in [3.8, 4) is 46.0 Å². The van der Waals surface area contributed by atoms with Crippen molar-refractivity contribution in [2.24, 2.45) is 47.3 Å². The summed E-state index contributed by atoms with van der Waals surface area (Å²) in [6, 6.07) is 24.1. The Balaban J connectivity index is 0.000000242. The number of halogens is 18. The lowest BCUT2D eigenvalue weighted by Crippen LogP contribution is -2.55. The lowest BCUT2D eigenvalue weighted by molar-refractivity contribution is -0.290. The van der Waals surface area contributed by atoms with E-state index in [-0.39, 0.29) is 68.9 Å². The second-order valence-electron chi connectivity index (χ2n) is 31.1. The van der Waals surface area contributed by atoms with E-state index in [0.717, 1.165) is 30.3 Å². The van der Waals surface area contributed by atoms with Gasteiger partial charge in [-0.05, 0) is 210 Å². The van der Waals surface area contributed by atoms with Gasteiger partial charge < -0.3 is 53.9 Å². The molecule has 7 amide bonds. The topological polar surface area (TPSA) is 256 Å². The maximum absolute atomic E-state index is 15.6. The highest BCUT2D eigenvalue weighted by atomic mass is 19.4. The maximum Gasteiger partial charge on any atom is 0.411 e. The number of hydrogen-bond acceptors (Lipinski definition) is 16. The summed E-state index contributed by atoms with van der Waals surface area (Å²) in [7, 11) is 32.9. The lowest BCUT2D eigenvalue weighted by Gasteiger charge is -2.39. The fourth-order valence-corrected chi connectivity index (χ4v) is 18.2. The van der Waals surface area contributed by atoms with Crippen molar-refractivity contribution >= 4 is 130 Å². The van der Waals surface area contributed by atoms with Gasteiger partial charge in [-0.15, -0.1) is 0 Å². The second-order valence-corrected chi connectivity index (χ2v) is 31.1. The summed E-state index contributed by atoms with van der Waals surface area (Å²) in [5.41, 5.74) is -27.5. The monoisotopic (exact) mass is 1830 g/mol. The largest absolute Gasteiger partial charge is 0.566 e. The molecule has 2 saturated carbocycles. The number of ketones is 1. The van der Waals surface area contributed by atoms with E-state index in [1.807, 2.05) is 0 Å². The third-order valence-corrected chi connectivity index (χ3v) is 24.2. The number of fused-ring (bicyclic) bond motifs is 10. The summed E-state index contributed by atoms with van der Waals surface area (Å²) < 4.78 is 309. The van der Waals surface area contributed by atoms with Gasteiger partial charge in [-0.3, -0.25) is 38.4 Å². The molecule has 4 bridgehead atoms. The molecule has 21 nitrogen and oxygen atoms in total. The summed E-state index contributed by atoms with van der Waals surface area (Å²) in [6.45, 7) is 1.23. The van der Waals surface area contributed by atoms with E-state index in [9.17, 15) is 38.4 Å². The van der Waals surface area contributed by atoms with Gasteiger partial charge in [0.05, 0.1) is 57.8 Å². The van der Waals surface area contributed by atoms with E-state index in [1.165, 1.54) is 62.5 Å². The fourth-order valence-electron chi connectivity index (χ4n) is 18.2. The zero-order valence-corrected chi connectivity index (χ0v) is 67.4. The number of Topliss-reactive ketones (excluding diaryl/α,β-unsaturated/α-hetero) is 1. The second kappa shape index (κ2) is 34.9. The standard InChI is InChI=1S/C54H34B4F12N4O9.C33H22B2F6N2O6/c1-71-35-21-29(8-16-39(35)80-55)49(51(59,60)61,52(62,63)64)30-9-17-40(81-56)36(22-30)72-45(75)25-4-12-33(13-5-25)79-34-14-6-26(7-15-34)46(76)73-37-23-31(10-18-41(37)82-57)50(53(65,66)67,54(68,69)70)32-11-19-42(83-58)38(24-32)74-47(77)43-27-2-3-28(20-27)44(43)48(74)78;1-15(44)16-3-2-4-19(11-16)28(45)42-22-13-20(7-9-24(22)48-34)31(32(36,37)38,33(39,40)41)21-8-10-25(49-35)23(14-21)43-29(46)26-17-5-6-18(12-17)27(26)30(43)47/h2-19,21-24,27-28,43-44,71H,20H2,1H3,(H,72,75)(H,73,76);2-11,13-14,17-18,26-27H,12H2,1H3,(H,42,45). The predicted molar refractivity (Wildman–Crippen MR) is 439 cm³/mol. The number of imide groups is 2. The van der Waals surface area contributed by atoms with Gasteiger partial charge in [0.2, 0.25) is 39.9 Å². The van der Waals surface area contributed by atoms with Gasteiger partial charge in [0.1, 0.15) is 46.0 Å². The van der Waals surface area contributed by atoms with E-state index in [2.05, 4.69) is 35.2 Å². The van der Waals surface area contributed by atoms with Crippen LogP contribution in [0.4, 0.5) is 113 Å². The molecule has 15 rings (SSSR count). The van der Waals surface area contributed by atoms with Crippen LogP contribution in [-0.4, -0.2) is 140 Å². The molecule has 0 spiro atoms. The molecule has 4 fully saturated rings. The van der Waals surface area contributed by atoms with Crippen LogP contribution < -0.4 is 63.7 Å². The number of nitrogens with one attached hydrogen (secondary N) is 4. The Hall–Kier alpha value is -13.7. The number of ether oxygens (including phenoxy) is 1. The molecule has 6 aliphatic rings. The van der Waals surface area contributed by atoms with Crippen molar-refractivity contribution in [1.82, 2.24) is 0 Å². The van der Waals surface area contributed by atoms with Gasteiger partial charge in [-0.25, -0.2) is 9.80 Å². The Labute approximate surface area is 742 Å². The van der Waals surface area contributed by atoms with E-state index < -0.39 is 215 Å². The molecule has 9 aromatic rings. The van der Waals surface area contributed by atoms with Crippen molar-refractivity contribution < 1.29 is 150 Å². The summed E-state index contributed by atoms with van der Waals surface area (Å²) in [4.78, 5) is 107. The number of alkyl halides is 18. The summed E-state index contributed by atoms with van der Waals surface area (Å²) in [5, 5.41) is 9.02. The first kappa shape index (κ1) is 94.5. The number of rotatable bonds is 24. The molecule has 2 heterocycles. The molecule has 2 saturated heterocycles. The predicted octanol–water partition coefficient (Wildman–Crippen LogP) is 16.8. The van der Waals surface area contributed by atoms with Crippen LogP contribution in [0, 0.1) is 47.3 Å². The Morgan fingerprint density at radius 1 is 0.318 bits per heavy atom. The van der Waals surface area contributed by atoms with Gasteiger partial charge in [0, 0.05) is 29.3 Å². The van der Waals surface area contributed by atoms with E-state index in [1.54, 1.807) is 24.3 Å². The molecule has 2 aliphatic heterocycles. The van der Waals surface area contributed by atoms with Gasteiger partial charge in [-0.1, -0.05) is 72.8 Å². The summed E-state index contributed by atoms with van der Waals surface area (Å²) >= 11 is 0. The van der Waals surface area contributed by atoms with Crippen LogP contribution in [-0.2, 0) is 35.4 Å². The van der Waals surface area contributed by atoms with Crippen LogP contribution in [0.25, 0.3) is 0 Å². The zero-order valence-electron chi connectivity index (χ0n) is 67.4. The quantitative estimate of drug-likeness (QED) is 0.0144. The number of anilines is 6. The van der Waals surface area contributed by atoms with Crippen LogP contribution in [0.2, 0.25) is 0 Å². The smallest absolute Gasteiger partial charge is 0.411 e. The first-order valence-electron chi connectivity index (χ1n) is 38.9. The molecule has 45 heteroatoms. The number of carbonyl (C=O) groups is 8. The number of amides is 7. The molecule has 12 radical (unpaired) electrons. The Bertz CT molecular complexity index is 6100. The van der Waals surface area contributed by atoms with Crippen LogP contribution in [0.15, 0.2) is 206 Å². The minimum atomic E-state index is -6.23. The summed E-state index contributed by atoms with van der Waals surface area (Å²) in [6.07, 6.45) is -28.8. The fraction of sp³-hybridized carbons (Fsp3) is 0.241. The van der Waals surface area contributed by atoms with Crippen molar-refractivity contribution in [3.63, 3.8) is 0 Å². The molecule has 132 heavy (non-hydrogen) atoms. The zero-order chi connectivity index (χ0) is 96.0. The van der Waals surface area contributed by atoms with Gasteiger partial charge in [-0.2, -0.15) is 79.0 Å². The van der Waals surface area contributed by atoms with E-state index in [4.69, 9.17) is 67.0 Å².